The Kier molecular flexibility index (Phi) is 3.50. The van der Waals surface area contributed by atoms with E-state index in [1.54, 1.807) is 6.07 Å². The highest BCUT2D eigenvalue weighted by Crippen LogP contribution is 2.23. The summed E-state index contributed by atoms with van der Waals surface area (Å²) in [6, 6.07) is 4.34. The van der Waals surface area contributed by atoms with Crippen molar-refractivity contribution in [3.63, 3.8) is 0 Å². The second-order valence-corrected chi connectivity index (χ2v) is 2.73. The number of aliphatic imine (C=N–C) groups is 1. The summed E-state index contributed by atoms with van der Waals surface area (Å²) in [5, 5.41) is 22.0. The number of nitrogens with zero attached hydrogens (tertiary/aromatic N) is 2. The lowest BCUT2D eigenvalue weighted by Gasteiger charge is -1.99. The molecule has 0 aliphatic rings. The minimum atomic E-state index is -0.198. The molecule has 0 amide bonds. The molecule has 0 aromatic heterocycles. The Morgan fingerprint density at radius 1 is 1.40 bits per heavy atom. The van der Waals surface area contributed by atoms with Crippen LogP contribution in [0.25, 0.3) is 0 Å². The maximum absolute atomic E-state index is 9.17. The predicted octanol–water partition coefficient (Wildman–Crippen LogP) is -0.0342. The summed E-state index contributed by atoms with van der Waals surface area (Å²) in [4.78, 5) is 3.63. The normalized spacial score (nSPS) is 11.9. The van der Waals surface area contributed by atoms with Gasteiger partial charge in [-0.25, -0.2) is 5.43 Å². The fourth-order valence-corrected chi connectivity index (χ4v) is 0.844. The summed E-state index contributed by atoms with van der Waals surface area (Å²) < 4.78 is 0. The number of guanidine groups is 1. The van der Waals surface area contributed by atoms with Gasteiger partial charge in [0.2, 0.25) is 5.96 Å². The summed E-state index contributed by atoms with van der Waals surface area (Å²) in [5.41, 5.74) is 8.42. The van der Waals surface area contributed by atoms with Crippen molar-refractivity contribution in [3.8, 4) is 11.5 Å². The molecule has 0 bridgehead atoms. The van der Waals surface area contributed by atoms with E-state index in [4.69, 9.17) is 10.8 Å². The molecule has 0 heterocycles. The summed E-state index contributed by atoms with van der Waals surface area (Å²) in [6.45, 7) is 0. The van der Waals surface area contributed by atoms with Crippen molar-refractivity contribution in [1.82, 2.24) is 5.43 Å². The van der Waals surface area contributed by atoms with Crippen molar-refractivity contribution in [2.24, 2.45) is 15.8 Å². The van der Waals surface area contributed by atoms with Crippen molar-refractivity contribution in [3.05, 3.63) is 23.8 Å². The molecular formula is C9H12N4O2. The predicted molar refractivity (Wildman–Crippen MR) is 58.0 cm³/mol. The minimum Gasteiger partial charge on any atom is -0.504 e. The van der Waals surface area contributed by atoms with Crippen molar-refractivity contribution < 1.29 is 10.2 Å². The van der Waals surface area contributed by atoms with Crippen LogP contribution < -0.4 is 11.2 Å². The Morgan fingerprint density at radius 2 is 2.13 bits per heavy atom. The van der Waals surface area contributed by atoms with E-state index >= 15 is 0 Å². The van der Waals surface area contributed by atoms with Gasteiger partial charge in [0, 0.05) is 7.05 Å². The second-order valence-electron chi connectivity index (χ2n) is 2.73. The third-order valence-electron chi connectivity index (χ3n) is 1.63. The van der Waals surface area contributed by atoms with Crippen LogP contribution in [0, 0.1) is 0 Å². The highest BCUT2D eigenvalue weighted by molar-refractivity contribution is 5.83. The monoisotopic (exact) mass is 208 g/mol. The van der Waals surface area contributed by atoms with E-state index < -0.39 is 0 Å². The van der Waals surface area contributed by atoms with Crippen LogP contribution in [-0.2, 0) is 0 Å². The summed E-state index contributed by atoms with van der Waals surface area (Å²) in [7, 11) is 1.53. The van der Waals surface area contributed by atoms with E-state index in [1.807, 2.05) is 0 Å². The first-order valence-corrected chi connectivity index (χ1v) is 4.17. The van der Waals surface area contributed by atoms with Crippen LogP contribution >= 0.6 is 0 Å². The van der Waals surface area contributed by atoms with Crippen molar-refractivity contribution in [2.45, 2.75) is 0 Å². The molecule has 0 fully saturated rings. The van der Waals surface area contributed by atoms with Gasteiger partial charge in [-0.2, -0.15) is 5.10 Å². The van der Waals surface area contributed by atoms with Gasteiger partial charge in [0.1, 0.15) is 0 Å². The topological polar surface area (TPSA) is 103 Å². The molecule has 1 rings (SSSR count). The zero-order valence-corrected chi connectivity index (χ0v) is 8.18. The van der Waals surface area contributed by atoms with Crippen LogP contribution in [0.5, 0.6) is 11.5 Å². The standard InChI is InChI=1S/C9H12N4O2/c1-11-9(10)13-12-5-6-2-3-7(14)8(15)4-6/h2-5,14-15H,1H3,(H3,10,11,13). The molecule has 6 nitrogen and oxygen atoms in total. The number of phenolic OH excluding ortho intramolecular Hbond substituents is 2. The summed E-state index contributed by atoms with van der Waals surface area (Å²) in [6.07, 6.45) is 1.44. The molecule has 0 spiro atoms. The maximum atomic E-state index is 9.17. The Hall–Kier alpha value is -2.24. The highest BCUT2D eigenvalue weighted by atomic mass is 16.3. The van der Waals surface area contributed by atoms with E-state index in [2.05, 4.69) is 15.5 Å². The lowest BCUT2D eigenvalue weighted by atomic mass is 10.2. The van der Waals surface area contributed by atoms with E-state index in [9.17, 15) is 5.11 Å². The van der Waals surface area contributed by atoms with E-state index in [0.717, 1.165) is 0 Å². The number of nitrogens with two attached hydrogens (primary N) is 1. The highest BCUT2D eigenvalue weighted by Gasteiger charge is 1.97. The van der Waals surface area contributed by atoms with Gasteiger partial charge < -0.3 is 15.9 Å². The average molecular weight is 208 g/mol. The number of hydrogen-bond acceptors (Lipinski definition) is 4. The number of nitrogens with one attached hydrogen (secondary N) is 1. The second kappa shape index (κ2) is 4.85. The molecular weight excluding hydrogens is 196 g/mol. The van der Waals surface area contributed by atoms with E-state index in [-0.39, 0.29) is 17.5 Å². The maximum Gasteiger partial charge on any atom is 0.209 e. The molecule has 0 radical (unpaired) electrons. The molecule has 0 aliphatic heterocycles. The summed E-state index contributed by atoms with van der Waals surface area (Å²) >= 11 is 0. The lowest BCUT2D eigenvalue weighted by molar-refractivity contribution is 0.403. The van der Waals surface area contributed by atoms with Gasteiger partial charge in [-0.15, -0.1) is 0 Å². The molecule has 5 N–H and O–H groups in total. The van der Waals surface area contributed by atoms with Crippen LogP contribution in [0.1, 0.15) is 5.56 Å². The average Bonchev–Trinajstić information content (AvgIpc) is 2.23. The molecule has 15 heavy (non-hydrogen) atoms. The minimum absolute atomic E-state index is 0.172. The van der Waals surface area contributed by atoms with Crippen molar-refractivity contribution in [2.75, 3.05) is 7.05 Å². The van der Waals surface area contributed by atoms with Crippen LogP contribution in [0.2, 0.25) is 0 Å². The summed E-state index contributed by atoms with van der Waals surface area (Å²) in [5.74, 6) is -0.180. The SMILES string of the molecule is CN=C(N)NN=Cc1ccc(O)c(O)c1. The molecule has 1 aromatic rings. The molecule has 0 unspecified atom stereocenters. The number of rotatable bonds is 2. The quantitative estimate of drug-likeness (QED) is 0.237. The van der Waals surface area contributed by atoms with Crippen molar-refractivity contribution in [1.29, 1.82) is 0 Å². The van der Waals surface area contributed by atoms with Gasteiger partial charge in [0.15, 0.2) is 11.5 Å². The largest absolute Gasteiger partial charge is 0.504 e. The van der Waals surface area contributed by atoms with Gasteiger partial charge >= 0.3 is 0 Å². The Balaban J connectivity index is 2.69. The van der Waals surface area contributed by atoms with E-state index in [0.29, 0.717) is 5.56 Å². The Morgan fingerprint density at radius 3 is 2.73 bits per heavy atom. The van der Waals surface area contributed by atoms with Crippen LogP contribution in [0.15, 0.2) is 28.3 Å². The van der Waals surface area contributed by atoms with Crippen LogP contribution in [0.3, 0.4) is 0 Å². The Labute approximate surface area is 86.8 Å². The number of benzene rings is 1. The number of hydrazone groups is 1. The molecule has 0 aliphatic carbocycles. The third-order valence-corrected chi connectivity index (χ3v) is 1.63. The van der Waals surface area contributed by atoms with Gasteiger partial charge in [-0.1, -0.05) is 0 Å². The number of aromatic hydroxyl groups is 2. The molecule has 0 atom stereocenters. The smallest absolute Gasteiger partial charge is 0.209 e. The lowest BCUT2D eigenvalue weighted by Crippen LogP contribution is -2.26. The first kappa shape index (κ1) is 10.8. The molecule has 0 saturated carbocycles. The van der Waals surface area contributed by atoms with Gasteiger partial charge in [-0.3, -0.25) is 4.99 Å². The van der Waals surface area contributed by atoms with Gasteiger partial charge in [0.05, 0.1) is 6.21 Å². The molecule has 6 heteroatoms. The van der Waals surface area contributed by atoms with Gasteiger partial charge in [0.25, 0.3) is 0 Å². The zero-order valence-electron chi connectivity index (χ0n) is 8.18. The fourth-order valence-electron chi connectivity index (χ4n) is 0.844. The van der Waals surface area contributed by atoms with Crippen molar-refractivity contribution >= 4 is 12.2 Å². The van der Waals surface area contributed by atoms with Crippen LogP contribution in [0.4, 0.5) is 0 Å². The molecule has 1 aromatic carbocycles. The first-order chi connectivity index (χ1) is 7.13. The third kappa shape index (κ3) is 3.18. The Bertz CT molecular complexity index is 401. The number of hydrogen-bond donors (Lipinski definition) is 4. The molecule has 80 valence electrons. The fraction of sp³-hybridized carbons (Fsp3) is 0.111. The van der Waals surface area contributed by atoms with Gasteiger partial charge in [-0.05, 0) is 23.8 Å². The zero-order chi connectivity index (χ0) is 11.3. The van der Waals surface area contributed by atoms with Crippen LogP contribution in [-0.4, -0.2) is 29.4 Å². The number of phenols is 2. The molecule has 0 saturated heterocycles. The first-order valence-electron chi connectivity index (χ1n) is 4.17. The van der Waals surface area contributed by atoms with E-state index in [1.165, 1.54) is 25.4 Å².